The van der Waals surface area contributed by atoms with Crippen LogP contribution in [-0.2, 0) is 29.4 Å². The highest BCUT2D eigenvalue weighted by molar-refractivity contribution is 5.77. The Bertz CT molecular complexity index is 1110. The van der Waals surface area contributed by atoms with Crippen molar-refractivity contribution in [2.75, 3.05) is 13.2 Å². The maximum atomic E-state index is 12.5. The van der Waals surface area contributed by atoms with E-state index in [1.165, 1.54) is 0 Å². The topological polar surface area (TPSA) is 82.5 Å². The molecule has 1 N–H and O–H groups in total. The Hall–Kier alpha value is -3.19. The number of aromatic nitrogens is 2. The van der Waals surface area contributed by atoms with Gasteiger partial charge in [-0.05, 0) is 56.6 Å². The molecule has 170 valence electrons. The van der Waals surface area contributed by atoms with Gasteiger partial charge in [-0.2, -0.15) is 0 Å². The first-order chi connectivity index (χ1) is 15.4. The van der Waals surface area contributed by atoms with Crippen LogP contribution in [0.3, 0.4) is 0 Å². The van der Waals surface area contributed by atoms with Gasteiger partial charge in [0.05, 0.1) is 23.6 Å². The van der Waals surface area contributed by atoms with E-state index in [4.69, 9.17) is 9.47 Å². The molecule has 0 aliphatic heterocycles. The van der Waals surface area contributed by atoms with Crippen molar-refractivity contribution in [3.05, 3.63) is 70.3 Å². The fraction of sp³-hybridized carbons (Fsp3) is 0.400. The van der Waals surface area contributed by atoms with E-state index < -0.39 is 0 Å². The van der Waals surface area contributed by atoms with E-state index in [2.05, 4.69) is 10.3 Å². The zero-order chi connectivity index (χ0) is 23.1. The Labute approximate surface area is 188 Å². The van der Waals surface area contributed by atoms with Crippen molar-refractivity contribution in [1.82, 2.24) is 14.9 Å². The molecule has 0 saturated carbocycles. The van der Waals surface area contributed by atoms with E-state index in [1.807, 2.05) is 63.2 Å². The summed E-state index contributed by atoms with van der Waals surface area (Å²) in [5, 5.41) is 3.80. The van der Waals surface area contributed by atoms with Gasteiger partial charge in [0.15, 0.2) is 0 Å². The second kappa shape index (κ2) is 10.9. The van der Waals surface area contributed by atoms with Crippen LogP contribution in [0, 0.1) is 0 Å². The number of benzene rings is 2. The molecular formula is C25H31N3O4. The molecule has 0 saturated heterocycles. The van der Waals surface area contributed by atoms with Crippen LogP contribution in [0.5, 0.6) is 5.75 Å². The normalized spacial score (nSPS) is 12.2. The van der Waals surface area contributed by atoms with Crippen molar-refractivity contribution in [2.45, 2.75) is 45.8 Å². The molecule has 7 nitrogen and oxygen atoms in total. The molecule has 0 fully saturated rings. The number of nitrogens with one attached hydrogen (secondary N) is 1. The molecule has 0 radical (unpaired) electrons. The van der Waals surface area contributed by atoms with Crippen LogP contribution in [0.15, 0.2) is 53.3 Å². The lowest BCUT2D eigenvalue weighted by molar-refractivity contribution is -0.149. The lowest BCUT2D eigenvalue weighted by Gasteiger charge is -2.18. The van der Waals surface area contributed by atoms with Gasteiger partial charge in [0.25, 0.3) is 5.56 Å². The highest BCUT2D eigenvalue weighted by Gasteiger charge is 2.20. The van der Waals surface area contributed by atoms with Crippen LogP contribution >= 0.6 is 0 Å². The van der Waals surface area contributed by atoms with Crippen LogP contribution in [-0.4, -0.2) is 40.8 Å². The van der Waals surface area contributed by atoms with Crippen molar-refractivity contribution in [3.8, 4) is 5.75 Å². The number of rotatable bonds is 10. The van der Waals surface area contributed by atoms with Gasteiger partial charge in [-0.15, -0.1) is 0 Å². The molecule has 3 rings (SSSR count). The lowest BCUT2D eigenvalue weighted by Crippen LogP contribution is -2.40. The molecule has 7 heteroatoms. The van der Waals surface area contributed by atoms with Crippen LogP contribution < -0.4 is 15.6 Å². The summed E-state index contributed by atoms with van der Waals surface area (Å²) in [6, 6.07) is 14.6. The molecule has 0 aliphatic carbocycles. The number of likely N-dealkylation sites (N-methyl/N-ethyl adjacent to an activating group) is 1. The minimum Gasteiger partial charge on any atom is -0.493 e. The summed E-state index contributed by atoms with van der Waals surface area (Å²) < 4.78 is 12.8. The summed E-state index contributed by atoms with van der Waals surface area (Å²) in [5.41, 5.74) is 1.66. The summed E-state index contributed by atoms with van der Waals surface area (Å²) in [4.78, 5) is 29.4. The van der Waals surface area contributed by atoms with Gasteiger partial charge in [-0.25, -0.2) is 4.98 Å². The number of hydrogen-bond donors (Lipinski definition) is 1. The highest BCUT2D eigenvalue weighted by Crippen LogP contribution is 2.15. The lowest BCUT2D eigenvalue weighted by atomic mass is 10.1. The molecular weight excluding hydrogens is 406 g/mol. The maximum absolute atomic E-state index is 12.5. The maximum Gasteiger partial charge on any atom is 0.323 e. The first kappa shape index (κ1) is 23.5. The number of para-hydroxylation sites is 1. The first-order valence-corrected chi connectivity index (χ1v) is 11.0. The zero-order valence-electron chi connectivity index (χ0n) is 19.1. The van der Waals surface area contributed by atoms with Gasteiger partial charge in [0.1, 0.15) is 17.6 Å². The summed E-state index contributed by atoms with van der Waals surface area (Å²) in [6.45, 7) is 6.74. The largest absolute Gasteiger partial charge is 0.493 e. The monoisotopic (exact) mass is 437 g/mol. The summed E-state index contributed by atoms with van der Waals surface area (Å²) in [5.74, 6) is 1.17. The third kappa shape index (κ3) is 5.95. The van der Waals surface area contributed by atoms with E-state index in [0.29, 0.717) is 42.7 Å². The quantitative estimate of drug-likeness (QED) is 0.491. The minimum atomic E-state index is -0.380. The molecule has 3 aromatic rings. The van der Waals surface area contributed by atoms with Crippen molar-refractivity contribution in [3.63, 3.8) is 0 Å². The Balaban J connectivity index is 1.59. The summed E-state index contributed by atoms with van der Waals surface area (Å²) in [7, 11) is 1.73. The van der Waals surface area contributed by atoms with Gasteiger partial charge in [0.2, 0.25) is 0 Å². The second-order valence-corrected chi connectivity index (χ2v) is 7.95. The fourth-order valence-electron chi connectivity index (χ4n) is 3.50. The van der Waals surface area contributed by atoms with Gasteiger partial charge < -0.3 is 14.8 Å². The Morgan fingerprint density at radius 1 is 1.12 bits per heavy atom. The minimum absolute atomic E-state index is 0.0545. The van der Waals surface area contributed by atoms with Gasteiger partial charge in [-0.3, -0.25) is 14.2 Å². The number of ether oxygens (including phenoxy) is 2. The van der Waals surface area contributed by atoms with Crippen LogP contribution in [0.1, 0.15) is 32.2 Å². The first-order valence-electron chi connectivity index (χ1n) is 11.0. The zero-order valence-corrected chi connectivity index (χ0v) is 19.1. The van der Waals surface area contributed by atoms with Crippen LogP contribution in [0.4, 0.5) is 0 Å². The number of fused-ring (bicyclic) bond motifs is 1. The molecule has 1 heterocycles. The number of carbonyl (C=O) groups is 1. The Morgan fingerprint density at radius 3 is 2.53 bits per heavy atom. The average Bonchev–Trinajstić information content (AvgIpc) is 2.77. The standard InChI is InChI=1S/C25H31N3O4/c1-5-26-22(25(30)32-17(2)3)16-18-10-12-19(13-11-18)31-15-14-23-27-21-9-7-6-8-20(21)24(29)28(23)4/h6-13,17,22,26H,5,14-16H2,1-4H3. The van der Waals surface area contributed by atoms with Gasteiger partial charge in [0, 0.05) is 13.5 Å². The predicted octanol–water partition coefficient (Wildman–Crippen LogP) is 3.03. The number of hydrogen-bond acceptors (Lipinski definition) is 6. The molecule has 0 spiro atoms. The molecule has 1 aromatic heterocycles. The molecule has 0 aliphatic rings. The number of carbonyl (C=O) groups excluding carboxylic acids is 1. The summed E-state index contributed by atoms with van der Waals surface area (Å²) in [6.07, 6.45) is 0.918. The SMILES string of the molecule is CCNC(Cc1ccc(OCCc2nc3ccccc3c(=O)n2C)cc1)C(=O)OC(C)C. The van der Waals surface area contributed by atoms with Crippen molar-refractivity contribution in [2.24, 2.45) is 7.05 Å². The summed E-state index contributed by atoms with van der Waals surface area (Å²) >= 11 is 0. The van der Waals surface area contributed by atoms with E-state index in [9.17, 15) is 9.59 Å². The molecule has 1 unspecified atom stereocenters. The molecule has 0 bridgehead atoms. The van der Waals surface area contributed by atoms with Crippen molar-refractivity contribution in [1.29, 1.82) is 0 Å². The highest BCUT2D eigenvalue weighted by atomic mass is 16.5. The van der Waals surface area contributed by atoms with Crippen molar-refractivity contribution < 1.29 is 14.3 Å². The Kier molecular flexibility index (Phi) is 8.00. The average molecular weight is 438 g/mol. The van der Waals surface area contributed by atoms with E-state index in [0.717, 1.165) is 11.3 Å². The Morgan fingerprint density at radius 2 is 1.84 bits per heavy atom. The molecule has 0 amide bonds. The van der Waals surface area contributed by atoms with Crippen LogP contribution in [0.25, 0.3) is 10.9 Å². The van der Waals surface area contributed by atoms with Crippen molar-refractivity contribution >= 4 is 16.9 Å². The molecule has 1 atom stereocenters. The fourth-order valence-corrected chi connectivity index (χ4v) is 3.50. The smallest absolute Gasteiger partial charge is 0.323 e. The second-order valence-electron chi connectivity index (χ2n) is 7.95. The van der Waals surface area contributed by atoms with Crippen LogP contribution in [0.2, 0.25) is 0 Å². The van der Waals surface area contributed by atoms with Gasteiger partial charge >= 0.3 is 5.97 Å². The van der Waals surface area contributed by atoms with E-state index >= 15 is 0 Å². The van der Waals surface area contributed by atoms with E-state index in [1.54, 1.807) is 17.7 Å². The molecule has 2 aromatic carbocycles. The third-order valence-corrected chi connectivity index (χ3v) is 5.12. The number of esters is 1. The third-order valence-electron chi connectivity index (χ3n) is 5.12. The van der Waals surface area contributed by atoms with E-state index in [-0.39, 0.29) is 23.7 Å². The predicted molar refractivity (Wildman–Crippen MR) is 125 cm³/mol. The van der Waals surface area contributed by atoms with Gasteiger partial charge in [-0.1, -0.05) is 31.2 Å². The number of nitrogens with zero attached hydrogens (tertiary/aromatic N) is 2. The molecule has 32 heavy (non-hydrogen) atoms.